The molecule has 1 aromatic heterocycles. The molecular formula is C12H7BrFNO4. The molecule has 0 aliphatic heterocycles. The molecular weight excluding hydrogens is 321 g/mol. The van der Waals surface area contributed by atoms with Crippen LogP contribution in [0.4, 0.5) is 10.1 Å². The lowest BCUT2D eigenvalue weighted by atomic mass is 10.2. The highest BCUT2D eigenvalue weighted by Gasteiger charge is 2.16. The second-order valence-electron chi connectivity index (χ2n) is 3.58. The maximum absolute atomic E-state index is 13.5. The quantitative estimate of drug-likeness (QED) is 0.907. The van der Waals surface area contributed by atoms with E-state index in [1.54, 1.807) is 6.07 Å². The minimum Gasteiger partial charge on any atom is -0.478 e. The van der Waals surface area contributed by atoms with E-state index < -0.39 is 17.7 Å². The van der Waals surface area contributed by atoms with Gasteiger partial charge in [-0.15, -0.1) is 0 Å². The number of aromatic carboxylic acids is 1. The highest BCUT2D eigenvalue weighted by Crippen LogP contribution is 2.20. The number of carboxylic acid groups (broad SMARTS) is 1. The van der Waals surface area contributed by atoms with Gasteiger partial charge in [0.15, 0.2) is 5.76 Å². The Labute approximate surface area is 115 Å². The van der Waals surface area contributed by atoms with E-state index >= 15 is 0 Å². The predicted molar refractivity (Wildman–Crippen MR) is 67.7 cm³/mol. The molecule has 2 aromatic rings. The van der Waals surface area contributed by atoms with Gasteiger partial charge in [-0.3, -0.25) is 4.79 Å². The summed E-state index contributed by atoms with van der Waals surface area (Å²) in [6, 6.07) is 5.19. The number of anilines is 1. The van der Waals surface area contributed by atoms with Gasteiger partial charge in [-0.2, -0.15) is 0 Å². The van der Waals surface area contributed by atoms with Crippen LogP contribution in [0.2, 0.25) is 0 Å². The Morgan fingerprint density at radius 3 is 2.63 bits per heavy atom. The van der Waals surface area contributed by atoms with Crippen LogP contribution in [-0.4, -0.2) is 17.0 Å². The normalized spacial score (nSPS) is 10.2. The third-order valence-electron chi connectivity index (χ3n) is 2.25. The molecule has 0 spiro atoms. The Morgan fingerprint density at radius 2 is 2.05 bits per heavy atom. The van der Waals surface area contributed by atoms with Crippen molar-refractivity contribution in [3.8, 4) is 0 Å². The predicted octanol–water partition coefficient (Wildman–Crippen LogP) is 3.13. The van der Waals surface area contributed by atoms with E-state index in [9.17, 15) is 14.0 Å². The molecule has 2 rings (SSSR count). The van der Waals surface area contributed by atoms with Crippen molar-refractivity contribution in [1.29, 1.82) is 0 Å². The molecule has 0 aliphatic rings. The summed E-state index contributed by atoms with van der Waals surface area (Å²) in [6.45, 7) is 0. The topological polar surface area (TPSA) is 79.5 Å². The Kier molecular flexibility index (Phi) is 3.66. The molecule has 1 heterocycles. The number of carbonyl (C=O) groups is 2. The largest absolute Gasteiger partial charge is 0.478 e. The summed E-state index contributed by atoms with van der Waals surface area (Å²) in [5.74, 6) is -2.76. The third-order valence-corrected chi connectivity index (χ3v) is 2.74. The van der Waals surface area contributed by atoms with Gasteiger partial charge in [0.25, 0.3) is 5.91 Å². The van der Waals surface area contributed by atoms with Crippen molar-refractivity contribution in [3.63, 3.8) is 0 Å². The van der Waals surface area contributed by atoms with Crippen LogP contribution in [0.15, 0.2) is 39.4 Å². The van der Waals surface area contributed by atoms with Crippen LogP contribution in [0.25, 0.3) is 0 Å². The Morgan fingerprint density at radius 1 is 1.32 bits per heavy atom. The van der Waals surface area contributed by atoms with E-state index in [-0.39, 0.29) is 17.0 Å². The van der Waals surface area contributed by atoms with E-state index in [1.807, 2.05) is 0 Å². The molecule has 0 saturated carbocycles. The van der Waals surface area contributed by atoms with E-state index in [1.165, 1.54) is 12.1 Å². The average molecular weight is 328 g/mol. The lowest BCUT2D eigenvalue weighted by Crippen LogP contribution is -2.12. The molecule has 98 valence electrons. The fraction of sp³-hybridized carbons (Fsp3) is 0. The minimum atomic E-state index is -1.21. The highest BCUT2D eigenvalue weighted by atomic mass is 79.9. The minimum absolute atomic E-state index is 0.0264. The number of furan rings is 1. The molecule has 7 heteroatoms. The molecule has 0 unspecified atom stereocenters. The van der Waals surface area contributed by atoms with Crippen LogP contribution in [0.1, 0.15) is 20.9 Å². The molecule has 2 N–H and O–H groups in total. The summed E-state index contributed by atoms with van der Waals surface area (Å²) in [4.78, 5) is 22.3. The molecule has 0 atom stereocenters. The maximum Gasteiger partial charge on any atom is 0.338 e. The van der Waals surface area contributed by atoms with Crippen LogP contribution < -0.4 is 5.32 Å². The highest BCUT2D eigenvalue weighted by molar-refractivity contribution is 9.10. The van der Waals surface area contributed by atoms with Crippen LogP contribution in [-0.2, 0) is 0 Å². The summed E-state index contributed by atoms with van der Waals surface area (Å²) in [7, 11) is 0. The first-order valence-corrected chi connectivity index (χ1v) is 5.85. The number of hydrogen-bond donors (Lipinski definition) is 2. The van der Waals surface area contributed by atoms with Gasteiger partial charge in [0.1, 0.15) is 12.1 Å². The lowest BCUT2D eigenvalue weighted by molar-refractivity contribution is 0.0696. The van der Waals surface area contributed by atoms with Crippen molar-refractivity contribution >= 4 is 33.5 Å². The first-order chi connectivity index (χ1) is 8.97. The zero-order chi connectivity index (χ0) is 14.0. The fourth-order valence-electron chi connectivity index (χ4n) is 1.34. The van der Waals surface area contributed by atoms with Crippen molar-refractivity contribution in [2.24, 2.45) is 0 Å². The molecule has 19 heavy (non-hydrogen) atoms. The maximum atomic E-state index is 13.5. The molecule has 1 aromatic carbocycles. The van der Waals surface area contributed by atoms with Gasteiger partial charge in [-0.25, -0.2) is 9.18 Å². The SMILES string of the molecule is O=C(O)c1coc(C(=O)Nc2ccc(Br)cc2F)c1. The number of amides is 1. The Balaban J connectivity index is 2.18. The van der Waals surface area contributed by atoms with Crippen molar-refractivity contribution in [3.05, 3.63) is 52.1 Å². The summed E-state index contributed by atoms with van der Waals surface area (Å²) in [5.41, 5.74) is -0.178. The standard InChI is InChI=1S/C12H7BrFNO4/c13-7-1-2-9(8(14)4-7)15-11(16)10-3-6(5-19-10)12(17)18/h1-5H,(H,15,16)(H,17,18). The number of benzene rings is 1. The number of hydrogen-bond acceptors (Lipinski definition) is 3. The van der Waals surface area contributed by atoms with E-state index in [2.05, 4.69) is 21.2 Å². The fourth-order valence-corrected chi connectivity index (χ4v) is 1.68. The van der Waals surface area contributed by atoms with Gasteiger partial charge in [-0.1, -0.05) is 15.9 Å². The Bertz CT molecular complexity index is 653. The van der Waals surface area contributed by atoms with Crippen LogP contribution in [0.3, 0.4) is 0 Å². The van der Waals surface area contributed by atoms with Gasteiger partial charge in [0.2, 0.25) is 0 Å². The lowest BCUT2D eigenvalue weighted by Gasteiger charge is -2.04. The van der Waals surface area contributed by atoms with Crippen molar-refractivity contribution in [1.82, 2.24) is 0 Å². The summed E-state index contributed by atoms with van der Waals surface area (Å²) in [6.07, 6.45) is 0.940. The second-order valence-corrected chi connectivity index (χ2v) is 4.50. The van der Waals surface area contributed by atoms with Crippen molar-refractivity contribution < 1.29 is 23.5 Å². The molecule has 0 fully saturated rings. The molecule has 1 amide bonds. The van der Waals surface area contributed by atoms with Gasteiger partial charge in [0.05, 0.1) is 11.3 Å². The van der Waals surface area contributed by atoms with E-state index in [4.69, 9.17) is 9.52 Å². The smallest absolute Gasteiger partial charge is 0.338 e. The number of rotatable bonds is 3. The first kappa shape index (κ1) is 13.3. The molecule has 0 aliphatic carbocycles. The summed E-state index contributed by atoms with van der Waals surface area (Å²) in [5, 5.41) is 11.0. The van der Waals surface area contributed by atoms with Gasteiger partial charge in [0, 0.05) is 10.5 Å². The molecule has 0 saturated heterocycles. The van der Waals surface area contributed by atoms with Gasteiger partial charge < -0.3 is 14.8 Å². The van der Waals surface area contributed by atoms with Crippen LogP contribution >= 0.6 is 15.9 Å². The first-order valence-electron chi connectivity index (χ1n) is 5.05. The zero-order valence-electron chi connectivity index (χ0n) is 9.31. The Hall–Kier alpha value is -2.15. The monoisotopic (exact) mass is 327 g/mol. The van der Waals surface area contributed by atoms with Crippen LogP contribution in [0.5, 0.6) is 0 Å². The van der Waals surface area contributed by atoms with Gasteiger partial charge >= 0.3 is 5.97 Å². The second kappa shape index (κ2) is 5.23. The molecule has 0 bridgehead atoms. The third kappa shape index (κ3) is 3.00. The van der Waals surface area contributed by atoms with Gasteiger partial charge in [-0.05, 0) is 18.2 Å². The number of nitrogens with one attached hydrogen (secondary N) is 1. The van der Waals surface area contributed by atoms with Crippen LogP contribution in [0, 0.1) is 5.82 Å². The van der Waals surface area contributed by atoms with Crippen molar-refractivity contribution in [2.45, 2.75) is 0 Å². The number of halogens is 2. The summed E-state index contributed by atoms with van der Waals surface area (Å²) < 4.78 is 18.8. The number of carbonyl (C=O) groups excluding carboxylic acids is 1. The molecule has 0 radical (unpaired) electrons. The number of carboxylic acids is 1. The average Bonchev–Trinajstić information content (AvgIpc) is 2.82. The summed E-state index contributed by atoms with van der Waals surface area (Å²) >= 11 is 3.09. The molecule has 5 nitrogen and oxygen atoms in total. The zero-order valence-corrected chi connectivity index (χ0v) is 10.9. The van der Waals surface area contributed by atoms with Crippen molar-refractivity contribution in [2.75, 3.05) is 5.32 Å². The van der Waals surface area contributed by atoms with E-state index in [0.29, 0.717) is 4.47 Å². The van der Waals surface area contributed by atoms with E-state index in [0.717, 1.165) is 12.3 Å².